The van der Waals surface area contributed by atoms with Crippen molar-refractivity contribution in [3.8, 4) is 5.75 Å². The number of nitro groups is 1. The Labute approximate surface area is 89.2 Å². The van der Waals surface area contributed by atoms with Gasteiger partial charge in [-0.1, -0.05) is 11.6 Å². The average Bonchev–Trinajstić information content (AvgIpc) is 2.15. The van der Waals surface area contributed by atoms with Crippen LogP contribution in [0.5, 0.6) is 5.75 Å². The molecule has 1 rings (SSSR count). The van der Waals surface area contributed by atoms with Crippen molar-refractivity contribution in [2.45, 2.75) is 0 Å². The molecule has 0 fully saturated rings. The third-order valence-electron chi connectivity index (χ3n) is 1.70. The molecule has 6 nitrogen and oxygen atoms in total. The van der Waals surface area contributed by atoms with Crippen LogP contribution in [0, 0.1) is 10.1 Å². The minimum atomic E-state index is -1.37. The fourth-order valence-corrected chi connectivity index (χ4v) is 1.33. The van der Waals surface area contributed by atoms with Crippen molar-refractivity contribution in [2.24, 2.45) is 0 Å². The Morgan fingerprint density at radius 1 is 1.60 bits per heavy atom. The van der Waals surface area contributed by atoms with Gasteiger partial charge in [0.25, 0.3) is 0 Å². The first kappa shape index (κ1) is 11.3. The minimum Gasteiger partial charge on any atom is -0.489 e. The highest BCUT2D eigenvalue weighted by molar-refractivity contribution is 6.34. The molecular weight excluding hydrogens is 226 g/mol. The van der Waals surface area contributed by atoms with E-state index in [1.165, 1.54) is 0 Å². The second kappa shape index (κ2) is 4.14. The van der Waals surface area contributed by atoms with Gasteiger partial charge >= 0.3 is 11.7 Å². The summed E-state index contributed by atoms with van der Waals surface area (Å²) in [5.74, 6) is -1.72. The van der Waals surface area contributed by atoms with E-state index in [4.69, 9.17) is 16.7 Å². The van der Waals surface area contributed by atoms with E-state index in [0.29, 0.717) is 0 Å². The fourth-order valence-electron chi connectivity index (χ4n) is 1.10. The van der Waals surface area contributed by atoms with Crippen LogP contribution in [0.1, 0.15) is 10.4 Å². The fraction of sp³-hybridized carbons (Fsp3) is 0.125. The Kier molecular flexibility index (Phi) is 3.11. The lowest BCUT2D eigenvalue weighted by molar-refractivity contribution is -0.385. The van der Waals surface area contributed by atoms with Crippen LogP contribution in [0.15, 0.2) is 12.1 Å². The zero-order valence-corrected chi connectivity index (χ0v) is 8.32. The quantitative estimate of drug-likeness (QED) is 0.634. The molecule has 0 aliphatic carbocycles. The van der Waals surface area contributed by atoms with Crippen LogP contribution in [-0.2, 0) is 0 Å². The monoisotopic (exact) mass is 231 g/mol. The van der Waals surface area contributed by atoms with Crippen LogP contribution < -0.4 is 4.74 Å². The summed E-state index contributed by atoms with van der Waals surface area (Å²) >= 11 is 5.60. The molecule has 0 heterocycles. The molecule has 0 saturated heterocycles. The Hall–Kier alpha value is -1.82. The molecule has 0 aromatic heterocycles. The number of rotatable bonds is 3. The van der Waals surface area contributed by atoms with E-state index >= 15 is 0 Å². The van der Waals surface area contributed by atoms with Crippen LogP contribution in [0.4, 0.5) is 5.69 Å². The summed E-state index contributed by atoms with van der Waals surface area (Å²) in [6.07, 6.45) is 0. The lowest BCUT2D eigenvalue weighted by Crippen LogP contribution is -2.04. The number of aromatic carboxylic acids is 1. The molecule has 7 heteroatoms. The van der Waals surface area contributed by atoms with Crippen molar-refractivity contribution >= 4 is 23.3 Å². The molecule has 0 radical (unpaired) electrons. The smallest absolute Gasteiger partial charge is 0.341 e. The SMILES string of the molecule is COc1c([N+](=O)[O-])ccc(Cl)c1C(=O)O. The number of nitrogens with zero attached hydrogens (tertiary/aromatic N) is 1. The van der Waals surface area contributed by atoms with Crippen molar-refractivity contribution in [3.05, 3.63) is 32.8 Å². The Bertz CT molecular complexity index is 431. The van der Waals surface area contributed by atoms with Crippen molar-refractivity contribution in [1.29, 1.82) is 0 Å². The number of carboxylic acid groups (broad SMARTS) is 1. The molecule has 1 aromatic carbocycles. The van der Waals surface area contributed by atoms with E-state index in [1.807, 2.05) is 0 Å². The first-order chi connectivity index (χ1) is 6.99. The van der Waals surface area contributed by atoms with Crippen molar-refractivity contribution < 1.29 is 19.6 Å². The molecule has 0 saturated carbocycles. The van der Waals surface area contributed by atoms with Gasteiger partial charge < -0.3 is 9.84 Å². The molecule has 1 aromatic rings. The predicted octanol–water partition coefficient (Wildman–Crippen LogP) is 1.96. The molecular formula is C8H6ClNO5. The van der Waals surface area contributed by atoms with E-state index in [2.05, 4.69) is 4.74 Å². The van der Waals surface area contributed by atoms with Gasteiger partial charge in [0, 0.05) is 6.07 Å². The average molecular weight is 232 g/mol. The van der Waals surface area contributed by atoms with E-state index in [9.17, 15) is 14.9 Å². The standard InChI is InChI=1S/C8H6ClNO5/c1-15-7-5(10(13)14)3-2-4(9)6(7)8(11)12/h2-3H,1H3,(H,11,12). The molecule has 80 valence electrons. The van der Waals surface area contributed by atoms with Crippen molar-refractivity contribution in [1.82, 2.24) is 0 Å². The Morgan fingerprint density at radius 2 is 2.20 bits per heavy atom. The highest BCUT2D eigenvalue weighted by atomic mass is 35.5. The van der Waals surface area contributed by atoms with E-state index in [-0.39, 0.29) is 10.8 Å². The van der Waals surface area contributed by atoms with Crippen LogP contribution in [0.3, 0.4) is 0 Å². The minimum absolute atomic E-state index is 0.107. The maximum absolute atomic E-state index is 10.8. The summed E-state index contributed by atoms with van der Waals surface area (Å²) in [5, 5.41) is 19.2. The largest absolute Gasteiger partial charge is 0.489 e. The number of hydrogen-bond donors (Lipinski definition) is 1. The Balaban J connectivity index is 3.54. The van der Waals surface area contributed by atoms with E-state index in [0.717, 1.165) is 19.2 Å². The summed E-state index contributed by atoms with van der Waals surface area (Å²) in [7, 11) is 1.14. The maximum Gasteiger partial charge on any atom is 0.341 e. The predicted molar refractivity (Wildman–Crippen MR) is 51.6 cm³/mol. The zero-order valence-electron chi connectivity index (χ0n) is 7.56. The Morgan fingerprint density at radius 3 is 2.60 bits per heavy atom. The van der Waals surface area contributed by atoms with Gasteiger partial charge in [-0.3, -0.25) is 10.1 Å². The summed E-state index contributed by atoms with van der Waals surface area (Å²) in [6, 6.07) is 2.24. The molecule has 0 amide bonds. The molecule has 0 aliphatic rings. The highest BCUT2D eigenvalue weighted by Crippen LogP contribution is 2.35. The molecule has 15 heavy (non-hydrogen) atoms. The second-order valence-corrected chi connectivity index (χ2v) is 2.94. The van der Waals surface area contributed by atoms with Crippen LogP contribution >= 0.6 is 11.6 Å². The van der Waals surface area contributed by atoms with E-state index < -0.39 is 22.1 Å². The normalized spacial score (nSPS) is 9.73. The number of halogens is 1. The molecule has 1 N–H and O–H groups in total. The van der Waals surface area contributed by atoms with Gasteiger partial charge in [0.15, 0.2) is 0 Å². The number of nitro benzene ring substituents is 1. The molecule has 0 aliphatic heterocycles. The summed E-state index contributed by atoms with van der Waals surface area (Å²) in [4.78, 5) is 20.6. The van der Waals surface area contributed by atoms with Crippen LogP contribution in [0.2, 0.25) is 5.02 Å². The maximum atomic E-state index is 10.8. The van der Waals surface area contributed by atoms with Gasteiger partial charge in [-0.05, 0) is 6.07 Å². The topological polar surface area (TPSA) is 89.7 Å². The number of hydrogen-bond acceptors (Lipinski definition) is 4. The number of carboxylic acids is 1. The van der Waals surface area contributed by atoms with Gasteiger partial charge in [0.1, 0.15) is 5.56 Å². The summed E-state index contributed by atoms with van der Waals surface area (Å²) < 4.78 is 4.67. The van der Waals surface area contributed by atoms with Gasteiger partial charge in [0.2, 0.25) is 5.75 Å². The first-order valence-electron chi connectivity index (χ1n) is 3.73. The molecule has 0 atom stereocenters. The van der Waals surface area contributed by atoms with Gasteiger partial charge in [-0.15, -0.1) is 0 Å². The third kappa shape index (κ3) is 1.99. The second-order valence-electron chi connectivity index (χ2n) is 2.54. The lowest BCUT2D eigenvalue weighted by Gasteiger charge is -2.06. The zero-order chi connectivity index (χ0) is 11.6. The molecule has 0 unspecified atom stereocenters. The lowest BCUT2D eigenvalue weighted by atomic mass is 10.1. The number of benzene rings is 1. The number of ether oxygens (including phenoxy) is 1. The number of carbonyl (C=O) groups is 1. The van der Waals surface area contributed by atoms with Gasteiger partial charge in [-0.2, -0.15) is 0 Å². The summed E-state index contributed by atoms with van der Waals surface area (Å²) in [5.41, 5.74) is -0.840. The highest BCUT2D eigenvalue weighted by Gasteiger charge is 2.25. The molecule has 0 spiro atoms. The van der Waals surface area contributed by atoms with Gasteiger partial charge in [-0.25, -0.2) is 4.79 Å². The van der Waals surface area contributed by atoms with Gasteiger partial charge in [0.05, 0.1) is 17.1 Å². The first-order valence-corrected chi connectivity index (χ1v) is 4.11. The summed E-state index contributed by atoms with van der Waals surface area (Å²) in [6.45, 7) is 0. The molecule has 0 bridgehead atoms. The van der Waals surface area contributed by atoms with Crippen molar-refractivity contribution in [2.75, 3.05) is 7.11 Å². The number of methoxy groups -OCH3 is 1. The van der Waals surface area contributed by atoms with Crippen LogP contribution in [0.25, 0.3) is 0 Å². The van der Waals surface area contributed by atoms with Crippen LogP contribution in [-0.4, -0.2) is 23.1 Å². The third-order valence-corrected chi connectivity index (χ3v) is 2.02. The van der Waals surface area contributed by atoms with E-state index in [1.54, 1.807) is 0 Å². The van der Waals surface area contributed by atoms with Crippen molar-refractivity contribution in [3.63, 3.8) is 0 Å².